The summed E-state index contributed by atoms with van der Waals surface area (Å²) in [6.07, 6.45) is 0.543. The molecule has 0 bridgehead atoms. The number of carboxylic acids is 1. The van der Waals surface area contributed by atoms with E-state index in [1.54, 1.807) is 36.4 Å². The number of nitrogens with zero attached hydrogens (tertiary/aromatic N) is 1. The van der Waals surface area contributed by atoms with E-state index < -0.39 is 12.1 Å². The molecular formula is C19H20N2O5. The van der Waals surface area contributed by atoms with Gasteiger partial charge >= 0.3 is 5.97 Å². The SMILES string of the molecule is COc1cc(C)ccc1C(=O)N/N=C\c1ccc(O[C@@H](C)C(=O)O)cc1. The number of aryl methyl sites for hydroxylation is 1. The molecule has 2 N–H and O–H groups in total. The van der Waals surface area contributed by atoms with Crippen LogP contribution in [0.3, 0.4) is 0 Å². The molecule has 2 aromatic rings. The van der Waals surface area contributed by atoms with Crippen molar-refractivity contribution >= 4 is 18.1 Å². The largest absolute Gasteiger partial charge is 0.496 e. The third-order valence-electron chi connectivity index (χ3n) is 3.52. The molecule has 0 radical (unpaired) electrons. The Morgan fingerprint density at radius 1 is 1.19 bits per heavy atom. The van der Waals surface area contributed by atoms with Crippen LogP contribution in [0.25, 0.3) is 0 Å². The van der Waals surface area contributed by atoms with E-state index in [0.29, 0.717) is 17.1 Å². The van der Waals surface area contributed by atoms with Crippen LogP contribution in [0.2, 0.25) is 0 Å². The Bertz CT molecular complexity index is 815. The van der Waals surface area contributed by atoms with Crippen LogP contribution >= 0.6 is 0 Å². The summed E-state index contributed by atoms with van der Waals surface area (Å²) >= 11 is 0. The van der Waals surface area contributed by atoms with Gasteiger partial charge in [-0.05, 0) is 61.4 Å². The van der Waals surface area contributed by atoms with Crippen molar-refractivity contribution in [1.82, 2.24) is 5.43 Å². The van der Waals surface area contributed by atoms with Crippen molar-refractivity contribution < 1.29 is 24.2 Å². The van der Waals surface area contributed by atoms with Crippen molar-refractivity contribution in [2.75, 3.05) is 7.11 Å². The van der Waals surface area contributed by atoms with E-state index in [1.807, 2.05) is 13.0 Å². The summed E-state index contributed by atoms with van der Waals surface area (Å²) in [5.41, 5.74) is 4.54. The molecule has 136 valence electrons. The number of carboxylic acid groups (broad SMARTS) is 1. The lowest BCUT2D eigenvalue weighted by atomic mass is 10.1. The molecule has 0 fully saturated rings. The Morgan fingerprint density at radius 3 is 2.50 bits per heavy atom. The summed E-state index contributed by atoms with van der Waals surface area (Å²) in [5.74, 6) is -0.504. The summed E-state index contributed by atoms with van der Waals surface area (Å²) in [6, 6.07) is 11.9. The summed E-state index contributed by atoms with van der Waals surface area (Å²) in [4.78, 5) is 22.9. The summed E-state index contributed by atoms with van der Waals surface area (Å²) in [6.45, 7) is 3.36. The number of methoxy groups -OCH3 is 1. The zero-order valence-electron chi connectivity index (χ0n) is 14.7. The predicted molar refractivity (Wildman–Crippen MR) is 97.0 cm³/mol. The Hall–Kier alpha value is -3.35. The van der Waals surface area contributed by atoms with Crippen LogP contribution in [0.15, 0.2) is 47.6 Å². The Morgan fingerprint density at radius 2 is 1.88 bits per heavy atom. The molecule has 0 aliphatic heterocycles. The fraction of sp³-hybridized carbons (Fsp3) is 0.211. The standard InChI is InChI=1S/C19H20N2O5/c1-12-4-9-16(17(10-12)25-3)18(22)21-20-11-14-5-7-15(8-6-14)26-13(2)19(23)24/h4-11,13H,1-3H3,(H,21,22)(H,23,24)/b20-11-/t13-/m0/s1. The van der Waals surface area contributed by atoms with Gasteiger partial charge in [-0.2, -0.15) is 5.10 Å². The number of hydrogen-bond acceptors (Lipinski definition) is 5. The van der Waals surface area contributed by atoms with Crippen LogP contribution < -0.4 is 14.9 Å². The minimum Gasteiger partial charge on any atom is -0.496 e. The minimum absolute atomic E-state index is 0.381. The third kappa shape index (κ3) is 5.07. The van der Waals surface area contributed by atoms with Crippen molar-refractivity contribution in [3.63, 3.8) is 0 Å². The van der Waals surface area contributed by atoms with Gasteiger partial charge < -0.3 is 14.6 Å². The molecule has 1 atom stereocenters. The zero-order chi connectivity index (χ0) is 19.1. The minimum atomic E-state index is -1.04. The molecule has 7 nitrogen and oxygen atoms in total. The number of hydrazone groups is 1. The fourth-order valence-electron chi connectivity index (χ4n) is 2.10. The molecule has 0 aliphatic carbocycles. The van der Waals surface area contributed by atoms with Crippen LogP contribution in [0.4, 0.5) is 0 Å². The highest BCUT2D eigenvalue weighted by molar-refractivity contribution is 5.97. The summed E-state index contributed by atoms with van der Waals surface area (Å²) < 4.78 is 10.4. The number of benzene rings is 2. The molecule has 2 rings (SSSR count). The van der Waals surface area contributed by atoms with E-state index in [1.165, 1.54) is 20.2 Å². The molecule has 26 heavy (non-hydrogen) atoms. The van der Waals surface area contributed by atoms with Crippen molar-refractivity contribution in [3.8, 4) is 11.5 Å². The zero-order valence-corrected chi connectivity index (χ0v) is 14.7. The van der Waals surface area contributed by atoms with Crippen molar-refractivity contribution in [2.45, 2.75) is 20.0 Å². The van der Waals surface area contributed by atoms with Gasteiger partial charge in [0.05, 0.1) is 18.9 Å². The lowest BCUT2D eigenvalue weighted by Crippen LogP contribution is -2.22. The van der Waals surface area contributed by atoms with E-state index in [2.05, 4.69) is 10.5 Å². The van der Waals surface area contributed by atoms with Gasteiger partial charge in [0.2, 0.25) is 0 Å². The Balaban J connectivity index is 1.98. The highest BCUT2D eigenvalue weighted by atomic mass is 16.5. The number of rotatable bonds is 7. The molecular weight excluding hydrogens is 336 g/mol. The average molecular weight is 356 g/mol. The highest BCUT2D eigenvalue weighted by Gasteiger charge is 2.12. The maximum Gasteiger partial charge on any atom is 0.344 e. The number of amides is 1. The highest BCUT2D eigenvalue weighted by Crippen LogP contribution is 2.19. The third-order valence-corrected chi connectivity index (χ3v) is 3.52. The van der Waals surface area contributed by atoms with Crippen molar-refractivity contribution in [2.24, 2.45) is 5.10 Å². The van der Waals surface area contributed by atoms with Gasteiger partial charge in [-0.15, -0.1) is 0 Å². The molecule has 0 aliphatic rings. The second-order valence-electron chi connectivity index (χ2n) is 5.57. The predicted octanol–water partition coefficient (Wildman–Crippen LogP) is 2.62. The second-order valence-corrected chi connectivity index (χ2v) is 5.57. The van der Waals surface area contributed by atoms with Gasteiger partial charge in [-0.1, -0.05) is 6.07 Å². The monoisotopic (exact) mass is 356 g/mol. The molecule has 0 saturated heterocycles. The smallest absolute Gasteiger partial charge is 0.344 e. The number of nitrogens with one attached hydrogen (secondary N) is 1. The second kappa shape index (κ2) is 8.66. The van der Waals surface area contributed by atoms with Crippen LogP contribution in [0, 0.1) is 6.92 Å². The lowest BCUT2D eigenvalue weighted by Gasteiger charge is -2.10. The fourth-order valence-corrected chi connectivity index (χ4v) is 2.10. The molecule has 7 heteroatoms. The maximum absolute atomic E-state index is 12.2. The molecule has 0 unspecified atom stereocenters. The number of ether oxygens (including phenoxy) is 2. The first-order valence-corrected chi connectivity index (χ1v) is 7.88. The van der Waals surface area contributed by atoms with E-state index in [-0.39, 0.29) is 5.91 Å². The van der Waals surface area contributed by atoms with E-state index >= 15 is 0 Å². The molecule has 0 aromatic heterocycles. The van der Waals surface area contributed by atoms with Crippen molar-refractivity contribution in [1.29, 1.82) is 0 Å². The molecule has 0 heterocycles. The van der Waals surface area contributed by atoms with E-state index in [4.69, 9.17) is 14.6 Å². The van der Waals surface area contributed by atoms with Gasteiger partial charge in [-0.3, -0.25) is 4.79 Å². The van der Waals surface area contributed by atoms with Crippen molar-refractivity contribution in [3.05, 3.63) is 59.2 Å². The van der Waals surface area contributed by atoms with E-state index in [9.17, 15) is 9.59 Å². The quantitative estimate of drug-likeness (QED) is 0.587. The molecule has 0 spiro atoms. The summed E-state index contributed by atoms with van der Waals surface area (Å²) in [7, 11) is 1.50. The lowest BCUT2D eigenvalue weighted by molar-refractivity contribution is -0.144. The first-order chi connectivity index (χ1) is 12.4. The molecule has 0 saturated carbocycles. The van der Waals surface area contributed by atoms with Crippen LogP contribution in [-0.2, 0) is 4.79 Å². The number of hydrogen-bond donors (Lipinski definition) is 2. The van der Waals surface area contributed by atoms with Crippen LogP contribution in [0.5, 0.6) is 11.5 Å². The van der Waals surface area contributed by atoms with Crippen LogP contribution in [-0.4, -0.2) is 36.4 Å². The Kier molecular flexibility index (Phi) is 6.32. The average Bonchev–Trinajstić information content (AvgIpc) is 2.62. The maximum atomic E-state index is 12.2. The normalized spacial score (nSPS) is 11.8. The van der Waals surface area contributed by atoms with Gasteiger partial charge in [-0.25, -0.2) is 10.2 Å². The van der Waals surface area contributed by atoms with Gasteiger partial charge in [0, 0.05) is 0 Å². The van der Waals surface area contributed by atoms with Gasteiger partial charge in [0.25, 0.3) is 5.91 Å². The number of aliphatic carboxylic acids is 1. The molecule has 2 aromatic carbocycles. The number of carbonyl (C=O) groups excluding carboxylic acids is 1. The first kappa shape index (κ1) is 19.0. The van der Waals surface area contributed by atoms with Gasteiger partial charge in [0.1, 0.15) is 11.5 Å². The van der Waals surface area contributed by atoms with E-state index in [0.717, 1.165) is 11.1 Å². The van der Waals surface area contributed by atoms with Crippen LogP contribution in [0.1, 0.15) is 28.4 Å². The Labute approximate surface area is 151 Å². The molecule has 1 amide bonds. The topological polar surface area (TPSA) is 97.2 Å². The van der Waals surface area contributed by atoms with Gasteiger partial charge in [0.15, 0.2) is 6.10 Å². The first-order valence-electron chi connectivity index (χ1n) is 7.88. The number of carbonyl (C=O) groups is 2. The summed E-state index contributed by atoms with van der Waals surface area (Å²) in [5, 5.41) is 12.7.